The Morgan fingerprint density at radius 1 is 1.32 bits per heavy atom. The molecular weight excluding hydrogens is 245 g/mol. The third-order valence-corrected chi connectivity index (χ3v) is 3.64. The van der Waals surface area contributed by atoms with Crippen LogP contribution in [0.5, 0.6) is 5.75 Å². The van der Waals surface area contributed by atoms with E-state index in [0.29, 0.717) is 11.7 Å². The molecule has 0 aliphatic heterocycles. The van der Waals surface area contributed by atoms with Gasteiger partial charge in [0.2, 0.25) is 0 Å². The van der Waals surface area contributed by atoms with Crippen LogP contribution in [0.3, 0.4) is 0 Å². The van der Waals surface area contributed by atoms with E-state index in [2.05, 4.69) is 12.2 Å². The van der Waals surface area contributed by atoms with Crippen LogP contribution in [0.4, 0.5) is 4.39 Å². The fourth-order valence-electron chi connectivity index (χ4n) is 2.46. The predicted octanol–water partition coefficient (Wildman–Crippen LogP) is 2.90. The van der Waals surface area contributed by atoms with Gasteiger partial charge in [-0.3, -0.25) is 4.79 Å². The Kier molecular flexibility index (Phi) is 4.77. The first-order valence-corrected chi connectivity index (χ1v) is 6.83. The molecular formula is C15H20FNO2. The molecule has 0 radical (unpaired) electrons. The van der Waals surface area contributed by atoms with E-state index in [9.17, 15) is 9.18 Å². The molecule has 4 heteroatoms. The van der Waals surface area contributed by atoms with Crippen LogP contribution in [0.2, 0.25) is 0 Å². The molecule has 2 rings (SSSR count). The van der Waals surface area contributed by atoms with Gasteiger partial charge in [0.1, 0.15) is 11.6 Å². The van der Waals surface area contributed by atoms with Gasteiger partial charge < -0.3 is 10.1 Å². The van der Waals surface area contributed by atoms with Gasteiger partial charge in [-0.15, -0.1) is 0 Å². The molecule has 104 valence electrons. The highest BCUT2D eigenvalue weighted by Gasteiger charge is 2.22. The predicted molar refractivity (Wildman–Crippen MR) is 71.5 cm³/mol. The minimum Gasteiger partial charge on any atom is -0.484 e. The summed E-state index contributed by atoms with van der Waals surface area (Å²) >= 11 is 0. The molecule has 1 saturated carbocycles. The van der Waals surface area contributed by atoms with Crippen molar-refractivity contribution in [2.24, 2.45) is 5.92 Å². The third-order valence-electron chi connectivity index (χ3n) is 3.64. The molecule has 2 unspecified atom stereocenters. The number of hydrogen-bond acceptors (Lipinski definition) is 2. The lowest BCUT2D eigenvalue weighted by Crippen LogP contribution is -2.43. The number of ether oxygens (including phenoxy) is 1. The number of amides is 1. The molecule has 1 amide bonds. The molecule has 1 aromatic rings. The number of hydrogen-bond donors (Lipinski definition) is 1. The van der Waals surface area contributed by atoms with Crippen LogP contribution in [0, 0.1) is 11.7 Å². The van der Waals surface area contributed by atoms with Crippen LogP contribution in [-0.4, -0.2) is 18.6 Å². The van der Waals surface area contributed by atoms with Crippen LogP contribution in [0.25, 0.3) is 0 Å². The average Bonchev–Trinajstić information content (AvgIpc) is 2.41. The lowest BCUT2D eigenvalue weighted by atomic mass is 9.86. The summed E-state index contributed by atoms with van der Waals surface area (Å²) in [6, 6.07) is 5.93. The van der Waals surface area contributed by atoms with E-state index in [0.717, 1.165) is 6.42 Å². The Balaban J connectivity index is 1.76. The number of carbonyl (C=O) groups is 1. The second kappa shape index (κ2) is 6.55. The van der Waals surface area contributed by atoms with E-state index in [4.69, 9.17) is 4.74 Å². The summed E-state index contributed by atoms with van der Waals surface area (Å²) in [6.45, 7) is 2.15. The van der Waals surface area contributed by atoms with Gasteiger partial charge in [-0.1, -0.05) is 19.8 Å². The van der Waals surface area contributed by atoms with E-state index in [-0.39, 0.29) is 24.4 Å². The quantitative estimate of drug-likeness (QED) is 0.909. The van der Waals surface area contributed by atoms with E-state index in [1.165, 1.54) is 43.5 Å². The van der Waals surface area contributed by atoms with Crippen LogP contribution in [0.1, 0.15) is 32.6 Å². The van der Waals surface area contributed by atoms with Gasteiger partial charge in [-0.05, 0) is 43.0 Å². The molecule has 0 heterocycles. The summed E-state index contributed by atoms with van der Waals surface area (Å²) < 4.78 is 18.0. The summed E-state index contributed by atoms with van der Waals surface area (Å²) in [6.07, 6.45) is 4.64. The Morgan fingerprint density at radius 3 is 2.68 bits per heavy atom. The van der Waals surface area contributed by atoms with Crippen molar-refractivity contribution in [2.75, 3.05) is 6.61 Å². The van der Waals surface area contributed by atoms with E-state index < -0.39 is 0 Å². The summed E-state index contributed by atoms with van der Waals surface area (Å²) in [5.74, 6) is 0.618. The maximum absolute atomic E-state index is 12.7. The van der Waals surface area contributed by atoms with Crippen LogP contribution >= 0.6 is 0 Å². The summed E-state index contributed by atoms with van der Waals surface area (Å²) in [4.78, 5) is 11.8. The molecule has 0 saturated heterocycles. The van der Waals surface area contributed by atoms with Crippen molar-refractivity contribution in [1.82, 2.24) is 5.32 Å². The van der Waals surface area contributed by atoms with Crippen molar-refractivity contribution in [3.8, 4) is 5.75 Å². The van der Waals surface area contributed by atoms with Crippen molar-refractivity contribution in [3.05, 3.63) is 30.1 Å². The highest BCUT2D eigenvalue weighted by molar-refractivity contribution is 5.77. The van der Waals surface area contributed by atoms with Gasteiger partial charge >= 0.3 is 0 Å². The standard InChI is InChI=1S/C15H20FNO2/c1-11-4-2-3-5-14(11)17-15(18)10-19-13-8-6-12(16)7-9-13/h6-9,11,14H,2-5,10H2,1H3,(H,17,18). The van der Waals surface area contributed by atoms with E-state index in [1.807, 2.05) is 0 Å². The largest absolute Gasteiger partial charge is 0.484 e. The zero-order valence-corrected chi connectivity index (χ0v) is 11.2. The summed E-state index contributed by atoms with van der Waals surface area (Å²) in [5, 5.41) is 3.01. The van der Waals surface area contributed by atoms with Crippen LogP contribution in [-0.2, 0) is 4.79 Å². The van der Waals surface area contributed by atoms with Gasteiger partial charge in [-0.25, -0.2) is 4.39 Å². The topological polar surface area (TPSA) is 38.3 Å². The van der Waals surface area contributed by atoms with Gasteiger partial charge in [0.25, 0.3) is 5.91 Å². The monoisotopic (exact) mass is 265 g/mol. The Hall–Kier alpha value is -1.58. The second-order valence-electron chi connectivity index (χ2n) is 5.18. The minimum absolute atomic E-state index is 0.0190. The molecule has 1 fully saturated rings. The smallest absolute Gasteiger partial charge is 0.258 e. The normalized spacial score (nSPS) is 22.8. The maximum atomic E-state index is 12.7. The lowest BCUT2D eigenvalue weighted by Gasteiger charge is -2.29. The molecule has 2 atom stereocenters. The Morgan fingerprint density at radius 2 is 2.00 bits per heavy atom. The molecule has 19 heavy (non-hydrogen) atoms. The van der Waals surface area contributed by atoms with Gasteiger partial charge in [0.15, 0.2) is 6.61 Å². The van der Waals surface area contributed by atoms with Crippen LogP contribution < -0.4 is 10.1 Å². The Bertz CT molecular complexity index is 419. The number of rotatable bonds is 4. The zero-order chi connectivity index (χ0) is 13.7. The first kappa shape index (κ1) is 13.8. The third kappa shape index (κ3) is 4.23. The molecule has 1 aliphatic rings. The highest BCUT2D eigenvalue weighted by atomic mass is 19.1. The minimum atomic E-state index is -0.312. The highest BCUT2D eigenvalue weighted by Crippen LogP contribution is 2.23. The molecule has 3 nitrogen and oxygen atoms in total. The van der Waals surface area contributed by atoms with Gasteiger partial charge in [0, 0.05) is 6.04 Å². The molecule has 1 N–H and O–H groups in total. The summed E-state index contributed by atoms with van der Waals surface area (Å²) in [7, 11) is 0. The first-order chi connectivity index (χ1) is 9.15. The fraction of sp³-hybridized carbons (Fsp3) is 0.533. The molecule has 0 bridgehead atoms. The summed E-state index contributed by atoms with van der Waals surface area (Å²) in [5.41, 5.74) is 0. The van der Waals surface area contributed by atoms with Crippen molar-refractivity contribution in [3.63, 3.8) is 0 Å². The van der Waals surface area contributed by atoms with E-state index in [1.54, 1.807) is 0 Å². The molecule has 1 aliphatic carbocycles. The SMILES string of the molecule is CC1CCCCC1NC(=O)COc1ccc(F)cc1. The molecule has 0 aromatic heterocycles. The van der Waals surface area contributed by atoms with Crippen molar-refractivity contribution in [1.29, 1.82) is 0 Å². The number of halogens is 1. The van der Waals surface area contributed by atoms with E-state index >= 15 is 0 Å². The van der Waals surface area contributed by atoms with Gasteiger partial charge in [0.05, 0.1) is 0 Å². The fourth-order valence-corrected chi connectivity index (χ4v) is 2.46. The molecule has 0 spiro atoms. The van der Waals surface area contributed by atoms with Gasteiger partial charge in [-0.2, -0.15) is 0 Å². The number of benzene rings is 1. The van der Waals surface area contributed by atoms with Crippen molar-refractivity contribution in [2.45, 2.75) is 38.6 Å². The Labute approximate surface area is 113 Å². The number of nitrogens with one attached hydrogen (secondary N) is 1. The van der Waals surface area contributed by atoms with Crippen molar-refractivity contribution < 1.29 is 13.9 Å². The first-order valence-electron chi connectivity index (χ1n) is 6.83. The van der Waals surface area contributed by atoms with Crippen LogP contribution in [0.15, 0.2) is 24.3 Å². The zero-order valence-electron chi connectivity index (χ0n) is 11.2. The molecule has 1 aromatic carbocycles. The lowest BCUT2D eigenvalue weighted by molar-refractivity contribution is -0.124. The second-order valence-corrected chi connectivity index (χ2v) is 5.18. The van der Waals surface area contributed by atoms with Crippen molar-refractivity contribution >= 4 is 5.91 Å². The number of carbonyl (C=O) groups excluding carboxylic acids is 1. The maximum Gasteiger partial charge on any atom is 0.258 e. The average molecular weight is 265 g/mol.